The molecule has 3 N–H and O–H groups in total. The summed E-state index contributed by atoms with van der Waals surface area (Å²) in [7, 11) is 0. The predicted octanol–water partition coefficient (Wildman–Crippen LogP) is 1.31. The average molecular weight is 182 g/mol. The van der Waals surface area contributed by atoms with Gasteiger partial charge in [0.15, 0.2) is 17.3 Å². The lowest BCUT2D eigenvalue weighted by atomic mass is 10.1. The Balaban J connectivity index is 3.50. The number of hydrogen-bond donors (Lipinski definition) is 3. The zero-order chi connectivity index (χ0) is 10.2. The number of Topliss-reactive ketones (excluding diaryl/α,β-unsaturated/α-hetero) is 1. The maximum Gasteiger partial charge on any atom is 0.164 e. The monoisotopic (exact) mass is 182 g/mol. The molecule has 0 atom stereocenters. The van der Waals surface area contributed by atoms with Crippen molar-refractivity contribution in [1.82, 2.24) is 0 Å². The largest absolute Gasteiger partial charge is 0.507 e. The summed E-state index contributed by atoms with van der Waals surface area (Å²) in [4.78, 5) is 10.9. The summed E-state index contributed by atoms with van der Waals surface area (Å²) in [6.45, 7) is 2.68. The molecule has 1 rings (SSSR count). The van der Waals surface area contributed by atoms with Crippen LogP contribution < -0.4 is 0 Å². The summed E-state index contributed by atoms with van der Waals surface area (Å²) < 4.78 is 0. The fourth-order valence-corrected chi connectivity index (χ4v) is 1.05. The molecule has 1 aromatic carbocycles. The minimum absolute atomic E-state index is 0.00722. The third-order valence-corrected chi connectivity index (χ3v) is 1.87. The SMILES string of the molecule is CC(=O)c1cc(O)c(O)c(C)c1O. The summed E-state index contributed by atoms with van der Waals surface area (Å²) in [5, 5.41) is 27.7. The van der Waals surface area contributed by atoms with Crippen molar-refractivity contribution in [2.45, 2.75) is 13.8 Å². The third kappa shape index (κ3) is 1.42. The molecule has 13 heavy (non-hydrogen) atoms. The van der Waals surface area contributed by atoms with Crippen molar-refractivity contribution in [3.63, 3.8) is 0 Å². The number of benzene rings is 1. The molecule has 0 aliphatic carbocycles. The number of carbonyl (C=O) groups excluding carboxylic acids is 1. The van der Waals surface area contributed by atoms with Gasteiger partial charge in [-0.15, -0.1) is 0 Å². The molecule has 0 saturated carbocycles. The van der Waals surface area contributed by atoms with E-state index >= 15 is 0 Å². The Kier molecular flexibility index (Phi) is 2.14. The Morgan fingerprint density at radius 3 is 2.23 bits per heavy atom. The van der Waals surface area contributed by atoms with Crippen LogP contribution in [0.1, 0.15) is 22.8 Å². The van der Waals surface area contributed by atoms with Crippen LogP contribution >= 0.6 is 0 Å². The van der Waals surface area contributed by atoms with E-state index < -0.39 is 11.5 Å². The van der Waals surface area contributed by atoms with Crippen molar-refractivity contribution in [2.24, 2.45) is 0 Å². The summed E-state index contributed by atoms with van der Waals surface area (Å²) in [5.41, 5.74) is 0.109. The average Bonchev–Trinajstić information content (AvgIpc) is 2.07. The first-order valence-electron chi connectivity index (χ1n) is 3.70. The van der Waals surface area contributed by atoms with Gasteiger partial charge in [-0.05, 0) is 19.9 Å². The van der Waals surface area contributed by atoms with Gasteiger partial charge in [-0.25, -0.2) is 0 Å². The fourth-order valence-electron chi connectivity index (χ4n) is 1.05. The van der Waals surface area contributed by atoms with Crippen molar-refractivity contribution in [1.29, 1.82) is 0 Å². The number of ketones is 1. The van der Waals surface area contributed by atoms with Gasteiger partial charge in [0, 0.05) is 5.56 Å². The molecule has 70 valence electrons. The lowest BCUT2D eigenvalue weighted by Gasteiger charge is -2.07. The number of phenolic OH excluding ortho intramolecular Hbond substituents is 3. The molecule has 4 nitrogen and oxygen atoms in total. The second-order valence-electron chi connectivity index (χ2n) is 2.82. The molecular formula is C9H10O4. The second kappa shape index (κ2) is 2.97. The van der Waals surface area contributed by atoms with Gasteiger partial charge in [0.25, 0.3) is 0 Å². The number of phenols is 3. The van der Waals surface area contributed by atoms with E-state index in [0.29, 0.717) is 0 Å². The van der Waals surface area contributed by atoms with Crippen molar-refractivity contribution in [3.8, 4) is 17.2 Å². The molecular weight excluding hydrogens is 172 g/mol. The first-order valence-corrected chi connectivity index (χ1v) is 3.70. The quantitative estimate of drug-likeness (QED) is 0.347. The first kappa shape index (κ1) is 9.38. The molecule has 0 amide bonds. The van der Waals surface area contributed by atoms with Crippen LogP contribution in [0.25, 0.3) is 0 Å². The van der Waals surface area contributed by atoms with Crippen LogP contribution in [-0.2, 0) is 0 Å². The zero-order valence-electron chi connectivity index (χ0n) is 7.33. The number of rotatable bonds is 1. The predicted molar refractivity (Wildman–Crippen MR) is 46.2 cm³/mol. The van der Waals surface area contributed by atoms with E-state index in [0.717, 1.165) is 6.07 Å². The Morgan fingerprint density at radius 2 is 1.77 bits per heavy atom. The second-order valence-corrected chi connectivity index (χ2v) is 2.82. The van der Waals surface area contributed by atoms with E-state index in [1.807, 2.05) is 0 Å². The summed E-state index contributed by atoms with van der Waals surface area (Å²) in [6, 6.07) is 1.04. The van der Waals surface area contributed by atoms with Gasteiger partial charge < -0.3 is 15.3 Å². The van der Waals surface area contributed by atoms with E-state index in [-0.39, 0.29) is 22.7 Å². The normalized spacial score (nSPS) is 10.0. The minimum atomic E-state index is -0.402. The summed E-state index contributed by atoms with van der Waals surface area (Å²) in [5.74, 6) is -1.46. The van der Waals surface area contributed by atoms with Crippen LogP contribution in [0.5, 0.6) is 17.2 Å². The molecule has 0 saturated heterocycles. The molecule has 0 aliphatic heterocycles. The molecule has 4 heteroatoms. The van der Waals surface area contributed by atoms with Crippen LogP contribution in [0.2, 0.25) is 0 Å². The first-order chi connectivity index (χ1) is 5.95. The maximum absolute atomic E-state index is 10.9. The number of hydrogen-bond acceptors (Lipinski definition) is 4. The van der Waals surface area contributed by atoms with Crippen LogP contribution in [0.15, 0.2) is 6.07 Å². The molecule has 0 fully saturated rings. The Morgan fingerprint density at radius 1 is 1.23 bits per heavy atom. The summed E-state index contributed by atoms with van der Waals surface area (Å²) in [6.07, 6.45) is 0. The van der Waals surface area contributed by atoms with E-state index in [1.54, 1.807) is 0 Å². The summed E-state index contributed by atoms with van der Waals surface area (Å²) >= 11 is 0. The van der Waals surface area contributed by atoms with E-state index in [4.69, 9.17) is 5.11 Å². The van der Waals surface area contributed by atoms with Crippen LogP contribution in [-0.4, -0.2) is 21.1 Å². The lowest BCUT2D eigenvalue weighted by molar-refractivity contribution is 0.101. The molecule has 0 spiro atoms. The van der Waals surface area contributed by atoms with E-state index in [1.165, 1.54) is 13.8 Å². The van der Waals surface area contributed by atoms with Gasteiger partial charge >= 0.3 is 0 Å². The highest BCUT2D eigenvalue weighted by Crippen LogP contribution is 2.37. The standard InChI is InChI=1S/C9H10O4/c1-4-8(12)6(5(2)10)3-7(11)9(4)13/h3,11-13H,1-2H3. The molecule has 0 radical (unpaired) electrons. The molecule has 0 unspecified atom stereocenters. The van der Waals surface area contributed by atoms with E-state index in [2.05, 4.69) is 0 Å². The van der Waals surface area contributed by atoms with Crippen molar-refractivity contribution in [2.75, 3.05) is 0 Å². The number of aromatic hydroxyl groups is 3. The zero-order valence-corrected chi connectivity index (χ0v) is 7.33. The van der Waals surface area contributed by atoms with Gasteiger partial charge in [0.1, 0.15) is 5.75 Å². The molecule has 0 bridgehead atoms. The van der Waals surface area contributed by atoms with E-state index in [9.17, 15) is 15.0 Å². The lowest BCUT2D eigenvalue weighted by Crippen LogP contribution is -1.94. The topological polar surface area (TPSA) is 77.8 Å². The highest BCUT2D eigenvalue weighted by atomic mass is 16.3. The Labute approximate surface area is 75.1 Å². The van der Waals surface area contributed by atoms with Gasteiger partial charge in [-0.1, -0.05) is 0 Å². The maximum atomic E-state index is 10.9. The van der Waals surface area contributed by atoms with Crippen molar-refractivity contribution < 1.29 is 20.1 Å². The van der Waals surface area contributed by atoms with Gasteiger partial charge in [0.2, 0.25) is 0 Å². The molecule has 1 aromatic rings. The highest BCUT2D eigenvalue weighted by molar-refractivity contribution is 5.98. The van der Waals surface area contributed by atoms with Gasteiger partial charge in [0.05, 0.1) is 5.56 Å². The van der Waals surface area contributed by atoms with Crippen molar-refractivity contribution in [3.05, 3.63) is 17.2 Å². The minimum Gasteiger partial charge on any atom is -0.507 e. The van der Waals surface area contributed by atoms with Crippen LogP contribution in [0.3, 0.4) is 0 Å². The highest BCUT2D eigenvalue weighted by Gasteiger charge is 2.15. The van der Waals surface area contributed by atoms with Crippen molar-refractivity contribution >= 4 is 5.78 Å². The van der Waals surface area contributed by atoms with Gasteiger partial charge in [-0.3, -0.25) is 4.79 Å². The Hall–Kier alpha value is -1.71. The van der Waals surface area contributed by atoms with Crippen LogP contribution in [0.4, 0.5) is 0 Å². The number of carbonyl (C=O) groups is 1. The van der Waals surface area contributed by atoms with Crippen LogP contribution in [0, 0.1) is 6.92 Å². The Bertz CT molecular complexity index is 368. The molecule has 0 aliphatic rings. The molecule has 0 aromatic heterocycles. The fraction of sp³-hybridized carbons (Fsp3) is 0.222. The smallest absolute Gasteiger partial charge is 0.164 e. The molecule has 0 heterocycles. The van der Waals surface area contributed by atoms with Gasteiger partial charge in [-0.2, -0.15) is 0 Å². The third-order valence-electron chi connectivity index (χ3n) is 1.87.